The molecule has 0 amide bonds. The standard InChI is InChI=1S/C13H14O2/c1-8-6-10(15-3)7-12-9(2)13(14)5-4-11(8)12/h4-7,14H,1-3H3. The Morgan fingerprint density at radius 1 is 1.07 bits per heavy atom. The number of fused-ring (bicyclic) bond motifs is 1. The first-order valence-electron chi connectivity index (χ1n) is 4.90. The van der Waals surface area contributed by atoms with E-state index in [1.165, 1.54) is 0 Å². The van der Waals surface area contributed by atoms with Gasteiger partial charge in [-0.25, -0.2) is 0 Å². The van der Waals surface area contributed by atoms with E-state index in [1.807, 2.05) is 32.0 Å². The molecule has 2 heteroatoms. The fraction of sp³-hybridized carbons (Fsp3) is 0.231. The molecule has 0 fully saturated rings. The summed E-state index contributed by atoms with van der Waals surface area (Å²) in [5, 5.41) is 11.8. The number of phenols is 1. The average Bonchev–Trinajstić information content (AvgIpc) is 2.23. The maximum Gasteiger partial charge on any atom is 0.119 e. The highest BCUT2D eigenvalue weighted by Gasteiger charge is 2.06. The summed E-state index contributed by atoms with van der Waals surface area (Å²) in [6.07, 6.45) is 0. The lowest BCUT2D eigenvalue weighted by atomic mass is 10.0. The molecular weight excluding hydrogens is 188 g/mol. The monoisotopic (exact) mass is 202 g/mol. The second-order valence-electron chi connectivity index (χ2n) is 3.75. The van der Waals surface area contributed by atoms with Crippen LogP contribution in [0.3, 0.4) is 0 Å². The van der Waals surface area contributed by atoms with E-state index in [0.29, 0.717) is 5.75 Å². The number of hydrogen-bond donors (Lipinski definition) is 1. The van der Waals surface area contributed by atoms with E-state index >= 15 is 0 Å². The summed E-state index contributed by atoms with van der Waals surface area (Å²) < 4.78 is 5.22. The summed E-state index contributed by atoms with van der Waals surface area (Å²) >= 11 is 0. The molecule has 2 rings (SSSR count). The molecule has 2 nitrogen and oxygen atoms in total. The van der Waals surface area contributed by atoms with Crippen LogP contribution in [0.5, 0.6) is 11.5 Å². The summed E-state index contributed by atoms with van der Waals surface area (Å²) in [6, 6.07) is 7.62. The number of methoxy groups -OCH3 is 1. The van der Waals surface area contributed by atoms with Crippen molar-refractivity contribution in [2.75, 3.05) is 7.11 Å². The van der Waals surface area contributed by atoms with Gasteiger partial charge in [0.15, 0.2) is 0 Å². The lowest BCUT2D eigenvalue weighted by molar-refractivity contribution is 0.415. The minimum absolute atomic E-state index is 0.329. The Labute approximate surface area is 89.1 Å². The van der Waals surface area contributed by atoms with E-state index in [9.17, 15) is 5.11 Å². The van der Waals surface area contributed by atoms with Crippen molar-refractivity contribution in [3.63, 3.8) is 0 Å². The first kappa shape index (κ1) is 9.84. The van der Waals surface area contributed by atoms with Crippen molar-refractivity contribution in [2.24, 2.45) is 0 Å². The fourth-order valence-corrected chi connectivity index (χ4v) is 1.84. The molecule has 0 heterocycles. The summed E-state index contributed by atoms with van der Waals surface area (Å²) in [4.78, 5) is 0. The first-order chi connectivity index (χ1) is 7.13. The molecule has 15 heavy (non-hydrogen) atoms. The van der Waals surface area contributed by atoms with E-state index in [0.717, 1.165) is 27.6 Å². The summed E-state index contributed by atoms with van der Waals surface area (Å²) in [7, 11) is 1.65. The maximum absolute atomic E-state index is 9.63. The van der Waals surface area contributed by atoms with Crippen LogP contribution in [-0.4, -0.2) is 12.2 Å². The van der Waals surface area contributed by atoms with Gasteiger partial charge in [0, 0.05) is 0 Å². The van der Waals surface area contributed by atoms with Gasteiger partial charge in [-0.3, -0.25) is 0 Å². The van der Waals surface area contributed by atoms with Gasteiger partial charge in [0.1, 0.15) is 11.5 Å². The molecule has 0 spiro atoms. The smallest absolute Gasteiger partial charge is 0.119 e. The van der Waals surface area contributed by atoms with E-state index in [4.69, 9.17) is 4.74 Å². The fourth-order valence-electron chi connectivity index (χ4n) is 1.84. The SMILES string of the molecule is COc1cc(C)c2ccc(O)c(C)c2c1. The Bertz CT molecular complexity index is 515. The zero-order valence-electron chi connectivity index (χ0n) is 9.16. The van der Waals surface area contributed by atoms with Crippen molar-refractivity contribution in [1.29, 1.82) is 0 Å². The zero-order valence-corrected chi connectivity index (χ0v) is 9.16. The van der Waals surface area contributed by atoms with Crippen LogP contribution >= 0.6 is 0 Å². The van der Waals surface area contributed by atoms with Crippen LogP contribution in [-0.2, 0) is 0 Å². The van der Waals surface area contributed by atoms with Crippen molar-refractivity contribution in [1.82, 2.24) is 0 Å². The molecular formula is C13H14O2. The molecule has 0 bridgehead atoms. The molecule has 2 aromatic carbocycles. The molecule has 0 aliphatic heterocycles. The van der Waals surface area contributed by atoms with Crippen LogP contribution < -0.4 is 4.74 Å². The molecule has 0 atom stereocenters. The van der Waals surface area contributed by atoms with Crippen LogP contribution in [0, 0.1) is 13.8 Å². The number of benzene rings is 2. The van der Waals surface area contributed by atoms with Crippen molar-refractivity contribution >= 4 is 10.8 Å². The Hall–Kier alpha value is -1.70. The Morgan fingerprint density at radius 3 is 2.47 bits per heavy atom. The van der Waals surface area contributed by atoms with Crippen molar-refractivity contribution in [3.8, 4) is 11.5 Å². The lowest BCUT2D eigenvalue weighted by Gasteiger charge is -2.09. The highest BCUT2D eigenvalue weighted by molar-refractivity contribution is 5.91. The summed E-state index contributed by atoms with van der Waals surface area (Å²) in [5.74, 6) is 1.16. The lowest BCUT2D eigenvalue weighted by Crippen LogP contribution is -1.88. The van der Waals surface area contributed by atoms with Crippen LogP contribution in [0.4, 0.5) is 0 Å². The van der Waals surface area contributed by atoms with E-state index in [-0.39, 0.29) is 0 Å². The number of hydrogen-bond acceptors (Lipinski definition) is 2. The second-order valence-corrected chi connectivity index (χ2v) is 3.75. The number of aromatic hydroxyl groups is 1. The van der Waals surface area contributed by atoms with Gasteiger partial charge < -0.3 is 9.84 Å². The Kier molecular flexibility index (Phi) is 2.27. The van der Waals surface area contributed by atoms with Gasteiger partial charge in [-0.1, -0.05) is 6.07 Å². The van der Waals surface area contributed by atoms with Gasteiger partial charge in [-0.2, -0.15) is 0 Å². The number of ether oxygens (including phenoxy) is 1. The van der Waals surface area contributed by atoms with Crippen LogP contribution in [0.15, 0.2) is 24.3 Å². The predicted octanol–water partition coefficient (Wildman–Crippen LogP) is 3.17. The topological polar surface area (TPSA) is 29.5 Å². The Morgan fingerprint density at radius 2 is 1.80 bits per heavy atom. The number of phenolic OH excluding ortho intramolecular Hbond substituents is 1. The summed E-state index contributed by atoms with van der Waals surface area (Å²) in [6.45, 7) is 3.96. The third-order valence-corrected chi connectivity index (χ3v) is 2.79. The predicted molar refractivity (Wildman–Crippen MR) is 61.6 cm³/mol. The van der Waals surface area contributed by atoms with Gasteiger partial charge in [0.2, 0.25) is 0 Å². The van der Waals surface area contributed by atoms with Crippen molar-refractivity contribution in [2.45, 2.75) is 13.8 Å². The van der Waals surface area contributed by atoms with Crippen LogP contribution in [0.25, 0.3) is 10.8 Å². The molecule has 78 valence electrons. The largest absolute Gasteiger partial charge is 0.508 e. The minimum atomic E-state index is 0.329. The molecule has 0 unspecified atom stereocenters. The molecule has 0 saturated heterocycles. The molecule has 2 aromatic rings. The average molecular weight is 202 g/mol. The quantitative estimate of drug-likeness (QED) is 0.769. The van der Waals surface area contributed by atoms with Crippen molar-refractivity contribution < 1.29 is 9.84 Å². The van der Waals surface area contributed by atoms with Gasteiger partial charge in [-0.05, 0) is 53.9 Å². The maximum atomic E-state index is 9.63. The zero-order chi connectivity index (χ0) is 11.0. The van der Waals surface area contributed by atoms with Crippen LogP contribution in [0.1, 0.15) is 11.1 Å². The van der Waals surface area contributed by atoms with Crippen LogP contribution in [0.2, 0.25) is 0 Å². The van der Waals surface area contributed by atoms with Crippen molar-refractivity contribution in [3.05, 3.63) is 35.4 Å². The molecule has 0 aliphatic rings. The number of rotatable bonds is 1. The Balaban J connectivity index is 2.86. The first-order valence-corrected chi connectivity index (χ1v) is 4.90. The van der Waals surface area contributed by atoms with Gasteiger partial charge in [0.25, 0.3) is 0 Å². The normalized spacial score (nSPS) is 10.6. The molecule has 0 radical (unpaired) electrons. The van der Waals surface area contributed by atoms with Gasteiger partial charge >= 0.3 is 0 Å². The minimum Gasteiger partial charge on any atom is -0.508 e. The third kappa shape index (κ3) is 1.52. The van der Waals surface area contributed by atoms with Gasteiger partial charge in [-0.15, -0.1) is 0 Å². The third-order valence-electron chi connectivity index (χ3n) is 2.79. The molecule has 0 aromatic heterocycles. The molecule has 0 saturated carbocycles. The molecule has 0 aliphatic carbocycles. The number of aryl methyl sites for hydroxylation is 2. The highest BCUT2D eigenvalue weighted by atomic mass is 16.5. The molecule has 1 N–H and O–H groups in total. The summed E-state index contributed by atoms with van der Waals surface area (Å²) in [5.41, 5.74) is 2.06. The highest BCUT2D eigenvalue weighted by Crippen LogP contribution is 2.31. The van der Waals surface area contributed by atoms with E-state index < -0.39 is 0 Å². The van der Waals surface area contributed by atoms with Gasteiger partial charge in [0.05, 0.1) is 7.11 Å². The second kappa shape index (κ2) is 3.46. The van der Waals surface area contributed by atoms with E-state index in [2.05, 4.69) is 0 Å². The van der Waals surface area contributed by atoms with E-state index in [1.54, 1.807) is 13.2 Å².